The molecule has 0 saturated carbocycles. The van der Waals surface area contributed by atoms with Crippen molar-refractivity contribution < 1.29 is 12.8 Å². The Hall–Kier alpha value is -2.77. The summed E-state index contributed by atoms with van der Waals surface area (Å²) in [5.41, 5.74) is 3.27. The zero-order valence-corrected chi connectivity index (χ0v) is 17.4. The Kier molecular flexibility index (Phi) is 4.41. The van der Waals surface area contributed by atoms with E-state index in [1.807, 2.05) is 0 Å². The summed E-state index contributed by atoms with van der Waals surface area (Å²) in [6.07, 6.45) is 3.58. The Labute approximate surface area is 175 Å². The van der Waals surface area contributed by atoms with E-state index in [1.54, 1.807) is 47.1 Å². The lowest BCUT2D eigenvalue weighted by molar-refractivity contribution is 0.318. The van der Waals surface area contributed by atoms with Crippen molar-refractivity contribution in [2.45, 2.75) is 29.7 Å². The van der Waals surface area contributed by atoms with Gasteiger partial charge in [-0.15, -0.1) is 0 Å². The fourth-order valence-corrected chi connectivity index (χ4v) is 5.87. The molecule has 1 unspecified atom stereocenters. The van der Waals surface area contributed by atoms with E-state index in [0.29, 0.717) is 12.1 Å². The molecule has 0 radical (unpaired) electrons. The van der Waals surface area contributed by atoms with Crippen LogP contribution in [0.15, 0.2) is 70.1 Å². The van der Waals surface area contributed by atoms with Crippen LogP contribution in [0.5, 0.6) is 0 Å². The fourth-order valence-electron chi connectivity index (χ4n) is 4.44. The lowest BCUT2D eigenvalue weighted by Gasteiger charge is -2.39. The topological polar surface area (TPSA) is 64.0 Å². The predicted octanol–water partition coefficient (Wildman–Crippen LogP) is 3.78. The van der Waals surface area contributed by atoms with Crippen LogP contribution in [-0.4, -0.2) is 31.3 Å². The fraction of sp³-hybridized carbons (Fsp3) is 0.261. The first-order chi connectivity index (χ1) is 14.4. The number of sulfone groups is 1. The average molecular weight is 424 g/mol. The third kappa shape index (κ3) is 3.00. The van der Waals surface area contributed by atoms with Gasteiger partial charge in [0.05, 0.1) is 16.3 Å². The maximum Gasteiger partial charge on any atom is 0.225 e. The summed E-state index contributed by atoms with van der Waals surface area (Å²) in [4.78, 5) is 0.221. The largest absolute Gasteiger partial charge is 0.316 e. The highest BCUT2D eigenvalue weighted by Crippen LogP contribution is 2.44. The second-order valence-electron chi connectivity index (χ2n) is 8.21. The number of rotatable bonds is 3. The van der Waals surface area contributed by atoms with Crippen molar-refractivity contribution in [2.75, 3.05) is 13.1 Å². The molecule has 2 aromatic carbocycles. The summed E-state index contributed by atoms with van der Waals surface area (Å²) in [5, 5.41) is 8.08. The summed E-state index contributed by atoms with van der Waals surface area (Å²) in [7, 11) is -3.80. The molecule has 0 bridgehead atoms. The second kappa shape index (κ2) is 6.89. The van der Waals surface area contributed by atoms with Crippen LogP contribution in [0, 0.1) is 11.2 Å². The maximum absolute atomic E-state index is 13.5. The summed E-state index contributed by atoms with van der Waals surface area (Å²) >= 11 is 0. The minimum atomic E-state index is -3.80. The lowest BCUT2D eigenvalue weighted by Crippen LogP contribution is -2.42. The molecule has 1 N–H and O–H groups in total. The smallest absolute Gasteiger partial charge is 0.225 e. The van der Waals surface area contributed by atoms with Crippen molar-refractivity contribution in [3.8, 4) is 5.69 Å². The highest BCUT2D eigenvalue weighted by atomic mass is 32.2. The molecule has 7 heteroatoms. The van der Waals surface area contributed by atoms with Crippen molar-refractivity contribution >= 4 is 15.9 Å². The molecule has 30 heavy (non-hydrogen) atoms. The molecule has 1 fully saturated rings. The van der Waals surface area contributed by atoms with Gasteiger partial charge in [0.15, 0.2) is 5.03 Å². The summed E-state index contributed by atoms with van der Waals surface area (Å²) in [6.45, 7) is 3.86. The van der Waals surface area contributed by atoms with Crippen LogP contribution in [-0.2, 0) is 16.3 Å². The zero-order valence-electron chi connectivity index (χ0n) is 16.6. The number of aromatic nitrogens is 2. The van der Waals surface area contributed by atoms with Gasteiger partial charge in [0.2, 0.25) is 9.84 Å². The van der Waals surface area contributed by atoms with Crippen LogP contribution in [0.2, 0.25) is 0 Å². The van der Waals surface area contributed by atoms with Gasteiger partial charge in [-0.3, -0.25) is 0 Å². The van der Waals surface area contributed by atoms with Crippen molar-refractivity contribution in [2.24, 2.45) is 5.41 Å². The van der Waals surface area contributed by atoms with Crippen molar-refractivity contribution in [3.05, 3.63) is 77.2 Å². The zero-order chi connectivity index (χ0) is 20.9. The van der Waals surface area contributed by atoms with Crippen LogP contribution in [0.3, 0.4) is 0 Å². The Morgan fingerprint density at radius 3 is 2.57 bits per heavy atom. The number of hydrogen-bond acceptors (Lipinski definition) is 4. The number of fused-ring (bicyclic) bond motifs is 2. The van der Waals surface area contributed by atoms with Crippen LogP contribution in [0.25, 0.3) is 11.8 Å². The predicted molar refractivity (Wildman–Crippen MR) is 113 cm³/mol. The number of benzene rings is 2. The van der Waals surface area contributed by atoms with E-state index in [-0.39, 0.29) is 21.2 Å². The van der Waals surface area contributed by atoms with Gasteiger partial charge < -0.3 is 5.32 Å². The van der Waals surface area contributed by atoms with E-state index >= 15 is 0 Å². The van der Waals surface area contributed by atoms with Gasteiger partial charge in [0, 0.05) is 17.5 Å². The van der Waals surface area contributed by atoms with E-state index in [0.717, 1.165) is 30.8 Å². The quantitative estimate of drug-likeness (QED) is 0.696. The summed E-state index contributed by atoms with van der Waals surface area (Å²) < 4.78 is 42.1. The highest BCUT2D eigenvalue weighted by molar-refractivity contribution is 7.91. The molecule has 5 nitrogen and oxygen atoms in total. The molecule has 1 atom stereocenters. The first-order valence-electron chi connectivity index (χ1n) is 9.98. The molecule has 1 aliphatic carbocycles. The van der Waals surface area contributed by atoms with Gasteiger partial charge in [-0.05, 0) is 61.9 Å². The average Bonchev–Trinajstić information content (AvgIpc) is 3.11. The number of hydrogen-bond donors (Lipinski definition) is 1. The number of nitrogens with one attached hydrogen (secondary N) is 1. The Morgan fingerprint density at radius 1 is 1.10 bits per heavy atom. The van der Waals surface area contributed by atoms with Crippen LogP contribution in [0.4, 0.5) is 4.39 Å². The minimum Gasteiger partial charge on any atom is -0.316 e. The van der Waals surface area contributed by atoms with Crippen LogP contribution in [0.1, 0.15) is 24.6 Å². The maximum atomic E-state index is 13.5. The Morgan fingerprint density at radius 2 is 1.83 bits per heavy atom. The van der Waals surface area contributed by atoms with Gasteiger partial charge in [0.25, 0.3) is 0 Å². The van der Waals surface area contributed by atoms with Gasteiger partial charge in [-0.2, -0.15) is 5.10 Å². The molecular formula is C23H22FN3O2S. The molecule has 1 aliphatic heterocycles. The summed E-state index contributed by atoms with van der Waals surface area (Å²) in [5.74, 6) is -0.346. The molecule has 3 aromatic rings. The van der Waals surface area contributed by atoms with E-state index in [9.17, 15) is 12.8 Å². The van der Waals surface area contributed by atoms with Crippen molar-refractivity contribution in [1.29, 1.82) is 0 Å². The summed E-state index contributed by atoms with van der Waals surface area (Å²) in [6, 6.07) is 14.3. The van der Waals surface area contributed by atoms with E-state index in [2.05, 4.69) is 23.4 Å². The molecule has 154 valence electrons. The molecule has 0 spiro atoms. The van der Waals surface area contributed by atoms with Crippen LogP contribution < -0.4 is 5.32 Å². The Bertz CT molecular complexity index is 1250. The van der Waals surface area contributed by atoms with Gasteiger partial charge in [-0.1, -0.05) is 30.7 Å². The number of nitrogens with zero attached hydrogens (tertiary/aromatic N) is 2. The van der Waals surface area contributed by atoms with E-state index < -0.39 is 9.84 Å². The van der Waals surface area contributed by atoms with E-state index in [1.165, 1.54) is 17.7 Å². The monoisotopic (exact) mass is 423 g/mol. The van der Waals surface area contributed by atoms with Crippen molar-refractivity contribution in [1.82, 2.24) is 15.1 Å². The molecular weight excluding hydrogens is 401 g/mol. The van der Waals surface area contributed by atoms with Crippen molar-refractivity contribution in [3.63, 3.8) is 0 Å². The highest BCUT2D eigenvalue weighted by Gasteiger charge is 2.40. The van der Waals surface area contributed by atoms with E-state index in [4.69, 9.17) is 0 Å². The molecule has 2 heterocycles. The first-order valence-corrected chi connectivity index (χ1v) is 11.5. The standard InChI is InChI=1S/C23H22FN3O2S/c1-23-14-20-21(13-16(23)11-12-25-15-23)27(18-9-7-17(24)8-10-18)26-22(20)30(28,29)19-5-3-2-4-6-19/h2-10,13,25H,11-12,14-15H2,1H3. The normalized spacial score (nSPS) is 20.9. The molecule has 1 aromatic heterocycles. The van der Waals surface area contributed by atoms with Gasteiger partial charge in [0.1, 0.15) is 5.82 Å². The minimum absolute atomic E-state index is 0.0788. The van der Waals surface area contributed by atoms with Crippen LogP contribution >= 0.6 is 0 Å². The molecule has 1 saturated heterocycles. The first kappa shape index (κ1) is 19.2. The third-order valence-electron chi connectivity index (χ3n) is 6.11. The second-order valence-corrected chi connectivity index (χ2v) is 10.1. The number of halogens is 1. The third-order valence-corrected chi connectivity index (χ3v) is 7.83. The number of piperidine rings is 1. The molecule has 0 amide bonds. The lowest BCUT2D eigenvalue weighted by atomic mass is 9.70. The van der Waals surface area contributed by atoms with Gasteiger partial charge >= 0.3 is 0 Å². The molecule has 5 rings (SSSR count). The van der Waals surface area contributed by atoms with Gasteiger partial charge in [-0.25, -0.2) is 17.5 Å². The molecule has 2 aliphatic rings. The SMILES string of the molecule is CC12CNCCC1=Cc1c(c(S(=O)(=O)c3ccccc3)nn1-c1ccc(F)cc1)C2. The Balaban J connectivity index is 1.76.